The summed E-state index contributed by atoms with van der Waals surface area (Å²) in [6.45, 7) is 0. The molecule has 0 aromatic heterocycles. The van der Waals surface area contributed by atoms with E-state index in [1.807, 2.05) is 0 Å². The van der Waals surface area contributed by atoms with Crippen molar-refractivity contribution in [3.05, 3.63) is 3.73 Å². The second-order valence-electron chi connectivity index (χ2n) is 0.207. The van der Waals surface area contributed by atoms with Crippen LogP contribution in [0.2, 0.25) is 0 Å². The van der Waals surface area contributed by atoms with E-state index in [1.165, 1.54) is 0 Å². The van der Waals surface area contributed by atoms with Gasteiger partial charge in [0.2, 0.25) is 0 Å². The van der Waals surface area contributed by atoms with E-state index in [0.29, 0.717) is 0 Å². The Kier molecular flexibility index (Phi) is 5.90. The van der Waals surface area contributed by atoms with Crippen LogP contribution in [0, 0.1) is 3.73 Å². The van der Waals surface area contributed by atoms with Crippen LogP contribution in [0.4, 0.5) is 3.89 Å². The van der Waals surface area contributed by atoms with E-state index < -0.39 is 27.5 Å². The van der Waals surface area contributed by atoms with E-state index in [4.69, 9.17) is 3.73 Å². The molecule has 4 heavy (non-hydrogen) atoms. The van der Waals surface area contributed by atoms with Gasteiger partial charge in [-0.3, -0.25) is 0 Å². The van der Waals surface area contributed by atoms with Crippen molar-refractivity contribution in [3.8, 4) is 0 Å². The molecule has 3 radical (unpaired) electrons. The molecule has 0 saturated heterocycles. The van der Waals surface area contributed by atoms with Gasteiger partial charge in [-0.05, 0) is 0 Å². The number of rotatable bonds is 1. The van der Waals surface area contributed by atoms with Gasteiger partial charge in [-0.25, -0.2) is 0 Å². The Balaban J connectivity index is 1.97. The van der Waals surface area contributed by atoms with E-state index >= 15 is 0 Å². The van der Waals surface area contributed by atoms with E-state index in [1.54, 1.807) is 0 Å². The molecule has 0 aliphatic carbocycles. The van der Waals surface area contributed by atoms with E-state index in [0.717, 1.165) is 0 Å². The van der Waals surface area contributed by atoms with Crippen LogP contribution < -0.4 is 0 Å². The first-order chi connectivity index (χ1) is 1.91. The summed E-state index contributed by atoms with van der Waals surface area (Å²) in [6.07, 6.45) is 0. The normalized spacial score (nSPS) is 5.50. The maximum atomic E-state index is 10.5. The van der Waals surface area contributed by atoms with Gasteiger partial charge >= 0.3 is 42.8 Å². The molecule has 0 saturated carbocycles. The summed E-state index contributed by atoms with van der Waals surface area (Å²) < 4.78 is 16.8. The molecule has 0 atom stereocenters. The van der Waals surface area contributed by atoms with Crippen molar-refractivity contribution in [1.29, 1.82) is 0 Å². The summed E-state index contributed by atoms with van der Waals surface area (Å²) in [6, 6.07) is 0. The SMILES string of the molecule is [C][Y][S]F. The molecule has 0 bridgehead atoms. The van der Waals surface area contributed by atoms with Crippen LogP contribution in [-0.2, 0) is 27.5 Å². The van der Waals surface area contributed by atoms with Gasteiger partial charge in [0.25, 0.3) is 0 Å². The van der Waals surface area contributed by atoms with Crippen molar-refractivity contribution in [1.82, 2.24) is 0 Å². The monoisotopic (exact) mass is 152 g/mol. The van der Waals surface area contributed by atoms with Gasteiger partial charge in [-0.1, -0.05) is 0 Å². The summed E-state index contributed by atoms with van der Waals surface area (Å²) >= 11 is -1.40. The maximum absolute atomic E-state index is 10.5. The molecule has 0 nitrogen and oxygen atoms in total. The molecular formula is CFSY. The molecule has 0 N–H and O–H groups in total. The molecular weight excluding hydrogens is 152 g/mol. The van der Waals surface area contributed by atoms with Crippen LogP contribution >= 0.6 is 7.66 Å². The first-order valence-corrected chi connectivity index (χ1v) is 6.35. The van der Waals surface area contributed by atoms with E-state index in [9.17, 15) is 3.89 Å². The van der Waals surface area contributed by atoms with Crippen LogP contribution in [0.25, 0.3) is 0 Å². The standard InChI is InChI=1S/C.FS.Y/c;1-2;/q;-1;+1. The van der Waals surface area contributed by atoms with Crippen molar-refractivity contribution < 1.29 is 31.4 Å². The Hall–Kier alpha value is 1.38. The molecule has 0 spiro atoms. The third-order valence-corrected chi connectivity index (χ3v) is 0.791. The number of hydrogen-bond donors (Lipinski definition) is 0. The summed E-state index contributed by atoms with van der Waals surface area (Å²) in [4.78, 5) is 0. The first-order valence-electron chi connectivity index (χ1n) is 0.679. The van der Waals surface area contributed by atoms with Crippen LogP contribution in [-0.4, -0.2) is 0 Å². The zero-order valence-corrected chi connectivity index (χ0v) is 5.52. The van der Waals surface area contributed by atoms with Gasteiger partial charge in [0.1, 0.15) is 0 Å². The Morgan fingerprint density at radius 3 is 2.25 bits per heavy atom. The van der Waals surface area contributed by atoms with Gasteiger partial charge < -0.3 is 0 Å². The molecule has 0 amide bonds. The van der Waals surface area contributed by atoms with E-state index in [2.05, 4.69) is 0 Å². The fraction of sp³-hybridized carbons (Fsp3) is 0. The molecule has 0 fully saturated rings. The Morgan fingerprint density at radius 1 is 2.00 bits per heavy atom. The van der Waals surface area contributed by atoms with Crippen molar-refractivity contribution >= 4 is 7.66 Å². The Labute approximate surface area is 42.5 Å². The fourth-order valence-corrected chi connectivity index (χ4v) is 0. The average molecular weight is 152 g/mol. The van der Waals surface area contributed by atoms with E-state index in [-0.39, 0.29) is 7.66 Å². The minimum atomic E-state index is -1.40. The summed E-state index contributed by atoms with van der Waals surface area (Å²) in [5.41, 5.74) is 0. The molecule has 0 aromatic carbocycles. The molecule has 0 aliphatic rings. The zero-order valence-electron chi connectivity index (χ0n) is 1.86. The first kappa shape index (κ1) is 5.38. The molecule has 3 heteroatoms. The topological polar surface area (TPSA) is 0 Å². The Bertz CT molecular complexity index is 10.0. The second kappa shape index (κ2) is 4.38. The molecule has 0 aliphatic heterocycles. The van der Waals surface area contributed by atoms with Gasteiger partial charge in [0.05, 0.1) is 0 Å². The summed E-state index contributed by atoms with van der Waals surface area (Å²) in [7, 11) is 0.213. The van der Waals surface area contributed by atoms with Gasteiger partial charge in [0.15, 0.2) is 0 Å². The van der Waals surface area contributed by atoms with Gasteiger partial charge in [0, 0.05) is 0 Å². The molecule has 0 unspecified atom stereocenters. The minimum absolute atomic E-state index is 0.213. The van der Waals surface area contributed by atoms with Crippen LogP contribution in [0.3, 0.4) is 0 Å². The van der Waals surface area contributed by atoms with Crippen molar-refractivity contribution in [2.45, 2.75) is 0 Å². The molecule has 0 rings (SSSR count). The summed E-state index contributed by atoms with van der Waals surface area (Å²) in [5.74, 6) is 0. The fourth-order valence-electron chi connectivity index (χ4n) is 0. The van der Waals surface area contributed by atoms with Crippen LogP contribution in [0.15, 0.2) is 0 Å². The summed E-state index contributed by atoms with van der Waals surface area (Å²) in [5, 5.41) is 0. The number of hydrogen-bond acceptors (Lipinski definition) is 1. The molecule has 20 valence electrons. The quantitative estimate of drug-likeness (QED) is 0.542. The van der Waals surface area contributed by atoms with Gasteiger partial charge in [-0.2, -0.15) is 0 Å². The van der Waals surface area contributed by atoms with Crippen LogP contribution in [0.1, 0.15) is 0 Å². The Morgan fingerprint density at radius 2 is 2.25 bits per heavy atom. The number of halogens is 1. The molecule has 0 heterocycles. The molecule has 0 aromatic rings. The third-order valence-electron chi connectivity index (χ3n) is 0.0445. The van der Waals surface area contributed by atoms with Crippen molar-refractivity contribution in [2.75, 3.05) is 0 Å². The predicted molar refractivity (Wildman–Crippen MR) is 11.9 cm³/mol. The van der Waals surface area contributed by atoms with Crippen LogP contribution in [0.5, 0.6) is 0 Å². The third kappa shape index (κ3) is 3.38. The van der Waals surface area contributed by atoms with Crippen molar-refractivity contribution in [3.63, 3.8) is 0 Å². The average Bonchev–Trinajstić information content (AvgIpc) is 1.37. The van der Waals surface area contributed by atoms with Crippen molar-refractivity contribution in [2.24, 2.45) is 0 Å². The van der Waals surface area contributed by atoms with Gasteiger partial charge in [-0.15, -0.1) is 0 Å². The second-order valence-corrected chi connectivity index (χ2v) is 3.67. The predicted octanol–water partition coefficient (Wildman–Crippen LogP) is 1.15. The zero-order chi connectivity index (χ0) is 3.41.